The molecule has 2 N–H and O–H groups in total. The van der Waals surface area contributed by atoms with Crippen LogP contribution in [-0.2, 0) is 23.9 Å². The van der Waals surface area contributed by atoms with Crippen LogP contribution < -0.4 is 0 Å². The van der Waals surface area contributed by atoms with E-state index in [2.05, 4.69) is 13.5 Å². The number of unbranched alkanes of at least 4 members (excludes halogenated alkanes) is 1. The van der Waals surface area contributed by atoms with Gasteiger partial charge in [-0.1, -0.05) is 45.6 Å². The summed E-state index contributed by atoms with van der Waals surface area (Å²) in [6.45, 7) is 7.57. The van der Waals surface area contributed by atoms with Crippen LogP contribution in [0.15, 0.2) is 12.7 Å². The van der Waals surface area contributed by atoms with Crippen molar-refractivity contribution in [1.29, 1.82) is 0 Å². The Morgan fingerprint density at radius 3 is 2.26 bits per heavy atom. The van der Waals surface area contributed by atoms with Crippen LogP contribution in [0.25, 0.3) is 0 Å². The second-order valence-corrected chi connectivity index (χ2v) is 7.19. The van der Waals surface area contributed by atoms with Crippen LogP contribution in [0, 0.1) is 5.92 Å². The SMILES string of the molecule is C=CC(CC(CC)CCCC)OS(=O)(=O)C(CC(=O)O)C(=O)O. The number of aliphatic carboxylic acids is 2. The Labute approximate surface area is 137 Å². The molecule has 0 saturated heterocycles. The molecule has 0 bridgehead atoms. The first-order chi connectivity index (χ1) is 10.7. The molecule has 0 aliphatic heterocycles. The van der Waals surface area contributed by atoms with Crippen LogP contribution in [0.4, 0.5) is 0 Å². The highest BCUT2D eigenvalue weighted by atomic mass is 32.2. The van der Waals surface area contributed by atoms with E-state index in [4.69, 9.17) is 14.4 Å². The Hall–Kier alpha value is -1.41. The summed E-state index contributed by atoms with van der Waals surface area (Å²) in [5.74, 6) is -3.03. The first kappa shape index (κ1) is 21.6. The van der Waals surface area contributed by atoms with Crippen molar-refractivity contribution in [2.75, 3.05) is 0 Å². The van der Waals surface area contributed by atoms with Crippen molar-refractivity contribution in [2.45, 2.75) is 63.7 Å². The van der Waals surface area contributed by atoms with Gasteiger partial charge in [-0.05, 0) is 12.3 Å². The first-order valence-corrected chi connectivity index (χ1v) is 9.14. The molecule has 134 valence electrons. The Morgan fingerprint density at radius 1 is 1.26 bits per heavy atom. The molecule has 0 aromatic carbocycles. The van der Waals surface area contributed by atoms with Crippen molar-refractivity contribution < 1.29 is 32.4 Å². The molecule has 0 rings (SSSR count). The number of hydrogen-bond acceptors (Lipinski definition) is 5. The number of carboxylic acid groups (broad SMARTS) is 2. The Balaban J connectivity index is 5.02. The number of rotatable bonds is 13. The van der Waals surface area contributed by atoms with E-state index in [1.54, 1.807) is 0 Å². The van der Waals surface area contributed by atoms with Gasteiger partial charge in [-0.15, -0.1) is 6.58 Å². The molecule has 8 heteroatoms. The van der Waals surface area contributed by atoms with E-state index in [-0.39, 0.29) is 5.92 Å². The van der Waals surface area contributed by atoms with Gasteiger partial charge in [0, 0.05) is 0 Å². The molecule has 3 unspecified atom stereocenters. The maximum Gasteiger partial charge on any atom is 0.325 e. The van der Waals surface area contributed by atoms with Crippen molar-refractivity contribution in [1.82, 2.24) is 0 Å². The Kier molecular flexibility index (Phi) is 9.74. The van der Waals surface area contributed by atoms with Crippen LogP contribution in [0.5, 0.6) is 0 Å². The molecular weight excluding hydrogens is 324 g/mol. The third-order valence-corrected chi connectivity index (χ3v) is 5.19. The fraction of sp³-hybridized carbons (Fsp3) is 0.733. The van der Waals surface area contributed by atoms with E-state index in [1.807, 2.05) is 6.92 Å². The number of hydrogen-bond donors (Lipinski definition) is 2. The van der Waals surface area contributed by atoms with Crippen molar-refractivity contribution in [3.63, 3.8) is 0 Å². The van der Waals surface area contributed by atoms with Crippen molar-refractivity contribution >= 4 is 22.1 Å². The molecule has 0 heterocycles. The van der Waals surface area contributed by atoms with Gasteiger partial charge in [0.1, 0.15) is 0 Å². The zero-order valence-electron chi connectivity index (χ0n) is 13.6. The lowest BCUT2D eigenvalue weighted by atomic mass is 9.93. The maximum atomic E-state index is 12.0. The van der Waals surface area contributed by atoms with Crippen LogP contribution in [0.1, 0.15) is 52.4 Å². The fourth-order valence-corrected chi connectivity index (χ4v) is 3.43. The zero-order valence-corrected chi connectivity index (χ0v) is 14.4. The summed E-state index contributed by atoms with van der Waals surface area (Å²) in [4.78, 5) is 21.7. The van der Waals surface area contributed by atoms with Gasteiger partial charge >= 0.3 is 11.9 Å². The van der Waals surface area contributed by atoms with Gasteiger partial charge in [0.2, 0.25) is 0 Å². The molecule has 0 saturated carbocycles. The smallest absolute Gasteiger partial charge is 0.325 e. The van der Waals surface area contributed by atoms with Gasteiger partial charge < -0.3 is 10.2 Å². The van der Waals surface area contributed by atoms with Crippen LogP contribution in [0.3, 0.4) is 0 Å². The van der Waals surface area contributed by atoms with Gasteiger partial charge in [0.25, 0.3) is 10.1 Å². The summed E-state index contributed by atoms with van der Waals surface area (Å²) in [6.07, 6.45) is 3.58. The predicted octanol–water partition coefficient (Wildman–Crippen LogP) is 2.42. The summed E-state index contributed by atoms with van der Waals surface area (Å²) < 4.78 is 29.0. The minimum Gasteiger partial charge on any atom is -0.481 e. The quantitative estimate of drug-likeness (QED) is 0.387. The van der Waals surface area contributed by atoms with Crippen LogP contribution >= 0.6 is 0 Å². The lowest BCUT2D eigenvalue weighted by Gasteiger charge is -2.21. The number of carbonyl (C=O) groups is 2. The molecule has 0 aliphatic rings. The molecule has 7 nitrogen and oxygen atoms in total. The summed E-state index contributed by atoms with van der Waals surface area (Å²) in [5, 5.41) is 15.5. The van der Waals surface area contributed by atoms with E-state index in [9.17, 15) is 18.0 Å². The normalized spacial score (nSPS) is 15.6. The van der Waals surface area contributed by atoms with E-state index in [0.29, 0.717) is 6.42 Å². The summed E-state index contributed by atoms with van der Waals surface area (Å²) in [6, 6.07) is 0. The second kappa shape index (κ2) is 10.4. The topological polar surface area (TPSA) is 118 Å². The lowest BCUT2D eigenvalue weighted by molar-refractivity contribution is -0.143. The van der Waals surface area contributed by atoms with E-state index in [1.165, 1.54) is 6.08 Å². The van der Waals surface area contributed by atoms with Gasteiger partial charge in [-0.3, -0.25) is 13.8 Å². The molecule has 0 amide bonds. The van der Waals surface area contributed by atoms with E-state index < -0.39 is 39.8 Å². The van der Waals surface area contributed by atoms with Gasteiger partial charge in [0.05, 0.1) is 12.5 Å². The van der Waals surface area contributed by atoms with Crippen molar-refractivity contribution in [3.05, 3.63) is 12.7 Å². The average Bonchev–Trinajstić information content (AvgIpc) is 2.47. The summed E-state index contributed by atoms with van der Waals surface area (Å²) >= 11 is 0. The largest absolute Gasteiger partial charge is 0.481 e. The van der Waals surface area contributed by atoms with E-state index >= 15 is 0 Å². The van der Waals surface area contributed by atoms with Crippen molar-refractivity contribution in [3.8, 4) is 0 Å². The van der Waals surface area contributed by atoms with Crippen LogP contribution in [-0.4, -0.2) is 41.9 Å². The predicted molar refractivity (Wildman–Crippen MR) is 85.6 cm³/mol. The van der Waals surface area contributed by atoms with Crippen LogP contribution in [0.2, 0.25) is 0 Å². The van der Waals surface area contributed by atoms with E-state index in [0.717, 1.165) is 25.7 Å². The third-order valence-electron chi connectivity index (χ3n) is 3.61. The molecule has 0 spiro atoms. The molecular formula is C15H26O7S. The fourth-order valence-electron chi connectivity index (χ4n) is 2.20. The lowest BCUT2D eigenvalue weighted by Crippen LogP contribution is -2.36. The summed E-state index contributed by atoms with van der Waals surface area (Å²) in [5.41, 5.74) is 0. The molecule has 3 atom stereocenters. The standard InChI is InChI=1S/C15H26O7S/c1-4-7-8-11(5-2)9-12(6-3)22-23(20,21)13(15(18)19)10-14(16)17/h6,11-13H,3-5,7-10H2,1-2H3,(H,16,17)(H,18,19). The average molecular weight is 350 g/mol. The highest BCUT2D eigenvalue weighted by Gasteiger charge is 2.37. The first-order valence-electron chi connectivity index (χ1n) is 7.67. The minimum atomic E-state index is -4.55. The van der Waals surface area contributed by atoms with Gasteiger partial charge in [-0.2, -0.15) is 8.42 Å². The summed E-state index contributed by atoms with van der Waals surface area (Å²) in [7, 11) is -4.55. The molecule has 0 aromatic heterocycles. The highest BCUT2D eigenvalue weighted by molar-refractivity contribution is 7.88. The number of carboxylic acids is 2. The Morgan fingerprint density at radius 2 is 1.87 bits per heavy atom. The monoisotopic (exact) mass is 350 g/mol. The van der Waals surface area contributed by atoms with Gasteiger partial charge in [-0.25, -0.2) is 0 Å². The molecule has 0 radical (unpaired) electrons. The highest BCUT2D eigenvalue weighted by Crippen LogP contribution is 2.23. The Bertz CT molecular complexity index is 498. The third kappa shape index (κ3) is 8.13. The second-order valence-electron chi connectivity index (χ2n) is 5.44. The molecule has 0 aromatic rings. The van der Waals surface area contributed by atoms with Gasteiger partial charge in [0.15, 0.2) is 5.25 Å². The maximum absolute atomic E-state index is 12.0. The molecule has 0 fully saturated rings. The van der Waals surface area contributed by atoms with Crippen molar-refractivity contribution in [2.24, 2.45) is 5.92 Å². The minimum absolute atomic E-state index is 0.232. The molecule has 23 heavy (non-hydrogen) atoms. The molecule has 0 aliphatic carbocycles. The zero-order chi connectivity index (χ0) is 18.0.